The van der Waals surface area contributed by atoms with Crippen LogP contribution in [-0.4, -0.2) is 16.8 Å². The second-order valence-corrected chi connectivity index (χ2v) is 3.78. The van der Waals surface area contributed by atoms with E-state index in [4.69, 9.17) is 5.73 Å². The summed E-state index contributed by atoms with van der Waals surface area (Å²) in [4.78, 5) is 14.2. The van der Waals surface area contributed by atoms with Crippen LogP contribution in [0.15, 0.2) is 30.5 Å². The smallest absolute Gasteiger partial charge is 0.146 e. The summed E-state index contributed by atoms with van der Waals surface area (Å²) in [5.41, 5.74) is 7.93. The van der Waals surface area contributed by atoms with Gasteiger partial charge in [0.2, 0.25) is 0 Å². The molecular weight excluding hydrogens is 188 g/mol. The number of ketones is 1. The molecule has 1 unspecified atom stereocenters. The Kier molecular flexibility index (Phi) is 2.56. The average Bonchev–Trinajstić information content (AvgIpc) is 2.62. The second kappa shape index (κ2) is 3.87. The van der Waals surface area contributed by atoms with E-state index in [0.717, 1.165) is 16.5 Å². The minimum Gasteiger partial charge on any atom is -0.361 e. The van der Waals surface area contributed by atoms with Crippen LogP contribution in [0.4, 0.5) is 0 Å². The number of Topliss-reactive ketones (excluding diaryl/α,β-unsaturated/α-hetero) is 1. The highest BCUT2D eigenvalue weighted by Gasteiger charge is 2.11. The van der Waals surface area contributed by atoms with Crippen LogP contribution in [0, 0.1) is 0 Å². The maximum atomic E-state index is 11.1. The molecule has 3 nitrogen and oxygen atoms in total. The summed E-state index contributed by atoms with van der Waals surface area (Å²) in [6.45, 7) is 1.53. The van der Waals surface area contributed by atoms with Crippen molar-refractivity contribution in [3.05, 3.63) is 36.0 Å². The third-order valence-corrected chi connectivity index (χ3v) is 2.64. The Morgan fingerprint density at radius 1 is 1.47 bits per heavy atom. The molecule has 0 bridgehead atoms. The standard InChI is InChI=1S/C12H14N2O/c1-8(15)11(13)6-9-7-14-12-5-3-2-4-10(9)12/h2-5,7,11,14H,6,13H2,1H3. The lowest BCUT2D eigenvalue weighted by atomic mass is 10.0. The summed E-state index contributed by atoms with van der Waals surface area (Å²) in [6.07, 6.45) is 2.52. The van der Waals surface area contributed by atoms with Crippen LogP contribution in [-0.2, 0) is 11.2 Å². The summed E-state index contributed by atoms with van der Waals surface area (Å²) in [5.74, 6) is 0.0280. The van der Waals surface area contributed by atoms with Gasteiger partial charge in [-0.2, -0.15) is 0 Å². The Morgan fingerprint density at radius 3 is 2.93 bits per heavy atom. The summed E-state index contributed by atoms with van der Waals surface area (Å²) >= 11 is 0. The number of para-hydroxylation sites is 1. The fraction of sp³-hybridized carbons (Fsp3) is 0.250. The summed E-state index contributed by atoms with van der Waals surface area (Å²) < 4.78 is 0. The molecule has 78 valence electrons. The van der Waals surface area contributed by atoms with E-state index in [2.05, 4.69) is 4.98 Å². The topological polar surface area (TPSA) is 58.9 Å². The first-order valence-corrected chi connectivity index (χ1v) is 4.99. The molecule has 3 N–H and O–H groups in total. The molecule has 0 saturated heterocycles. The number of H-pyrrole nitrogens is 1. The fourth-order valence-electron chi connectivity index (χ4n) is 1.68. The van der Waals surface area contributed by atoms with Gasteiger partial charge in [0.05, 0.1) is 6.04 Å². The van der Waals surface area contributed by atoms with Gasteiger partial charge in [0.15, 0.2) is 0 Å². The van der Waals surface area contributed by atoms with Crippen molar-refractivity contribution in [3.63, 3.8) is 0 Å². The van der Waals surface area contributed by atoms with Gasteiger partial charge < -0.3 is 10.7 Å². The van der Waals surface area contributed by atoms with Crippen LogP contribution in [0.2, 0.25) is 0 Å². The first kappa shape index (κ1) is 9.93. The van der Waals surface area contributed by atoms with E-state index in [0.29, 0.717) is 6.42 Å². The number of nitrogens with one attached hydrogen (secondary N) is 1. The molecule has 0 spiro atoms. The molecule has 0 radical (unpaired) electrons. The van der Waals surface area contributed by atoms with Crippen LogP contribution in [0.5, 0.6) is 0 Å². The van der Waals surface area contributed by atoms with Crippen LogP contribution in [0.25, 0.3) is 10.9 Å². The van der Waals surface area contributed by atoms with Crippen LogP contribution < -0.4 is 5.73 Å². The Labute approximate surface area is 88.3 Å². The molecule has 2 aromatic rings. The molecule has 3 heteroatoms. The second-order valence-electron chi connectivity index (χ2n) is 3.78. The van der Waals surface area contributed by atoms with Crippen LogP contribution in [0.1, 0.15) is 12.5 Å². The maximum absolute atomic E-state index is 11.1. The molecule has 0 aliphatic heterocycles. The monoisotopic (exact) mass is 202 g/mol. The largest absolute Gasteiger partial charge is 0.361 e. The van der Waals surface area contributed by atoms with Crippen molar-refractivity contribution in [1.82, 2.24) is 4.98 Å². The number of carbonyl (C=O) groups excluding carboxylic acids is 1. The first-order chi connectivity index (χ1) is 7.18. The number of aromatic amines is 1. The molecule has 0 aliphatic carbocycles. The van der Waals surface area contributed by atoms with Crippen LogP contribution in [0.3, 0.4) is 0 Å². The van der Waals surface area contributed by atoms with E-state index in [1.807, 2.05) is 30.5 Å². The highest BCUT2D eigenvalue weighted by Crippen LogP contribution is 2.18. The summed E-state index contributed by atoms with van der Waals surface area (Å²) in [5, 5.41) is 1.15. The van der Waals surface area contributed by atoms with Crippen molar-refractivity contribution < 1.29 is 4.79 Å². The van der Waals surface area contributed by atoms with Crippen molar-refractivity contribution in [2.24, 2.45) is 5.73 Å². The molecule has 1 heterocycles. The number of fused-ring (bicyclic) bond motifs is 1. The van der Waals surface area contributed by atoms with E-state index in [1.54, 1.807) is 0 Å². The lowest BCUT2D eigenvalue weighted by molar-refractivity contribution is -0.118. The van der Waals surface area contributed by atoms with Gasteiger partial charge in [-0.1, -0.05) is 18.2 Å². The lowest BCUT2D eigenvalue weighted by Gasteiger charge is -2.05. The normalized spacial score (nSPS) is 12.9. The third kappa shape index (κ3) is 1.92. The molecule has 0 saturated carbocycles. The predicted molar refractivity (Wildman–Crippen MR) is 60.7 cm³/mol. The highest BCUT2D eigenvalue weighted by atomic mass is 16.1. The zero-order valence-corrected chi connectivity index (χ0v) is 8.66. The van der Waals surface area contributed by atoms with Crippen molar-refractivity contribution in [3.8, 4) is 0 Å². The highest BCUT2D eigenvalue weighted by molar-refractivity contribution is 5.85. The number of aromatic nitrogens is 1. The Balaban J connectivity index is 2.32. The van der Waals surface area contributed by atoms with Crippen molar-refractivity contribution in [2.75, 3.05) is 0 Å². The minimum absolute atomic E-state index is 0.0280. The minimum atomic E-state index is -0.399. The van der Waals surface area contributed by atoms with E-state index in [-0.39, 0.29) is 5.78 Å². The molecule has 1 aromatic carbocycles. The fourth-order valence-corrected chi connectivity index (χ4v) is 1.68. The summed E-state index contributed by atoms with van der Waals surface area (Å²) in [7, 11) is 0. The number of carbonyl (C=O) groups is 1. The van der Waals surface area contributed by atoms with Gasteiger partial charge >= 0.3 is 0 Å². The molecule has 2 rings (SSSR count). The Bertz CT molecular complexity index is 487. The SMILES string of the molecule is CC(=O)C(N)Cc1c[nH]c2ccccc12. The first-order valence-electron chi connectivity index (χ1n) is 4.99. The lowest BCUT2D eigenvalue weighted by Crippen LogP contribution is -2.30. The van der Waals surface area contributed by atoms with Crippen LogP contribution >= 0.6 is 0 Å². The van der Waals surface area contributed by atoms with Crippen molar-refractivity contribution >= 4 is 16.7 Å². The van der Waals surface area contributed by atoms with E-state index in [9.17, 15) is 4.79 Å². The maximum Gasteiger partial charge on any atom is 0.146 e. The number of benzene rings is 1. The Hall–Kier alpha value is -1.61. The Morgan fingerprint density at radius 2 is 2.20 bits per heavy atom. The number of hydrogen-bond acceptors (Lipinski definition) is 2. The molecule has 0 aliphatic rings. The van der Waals surface area contributed by atoms with Crippen molar-refractivity contribution in [2.45, 2.75) is 19.4 Å². The zero-order chi connectivity index (χ0) is 10.8. The van der Waals surface area contributed by atoms with Gasteiger partial charge in [0.25, 0.3) is 0 Å². The number of hydrogen-bond donors (Lipinski definition) is 2. The van der Waals surface area contributed by atoms with E-state index in [1.165, 1.54) is 6.92 Å². The average molecular weight is 202 g/mol. The van der Waals surface area contributed by atoms with E-state index < -0.39 is 6.04 Å². The molecule has 15 heavy (non-hydrogen) atoms. The molecule has 1 atom stereocenters. The van der Waals surface area contributed by atoms with Gasteiger partial charge in [-0.3, -0.25) is 4.79 Å². The zero-order valence-electron chi connectivity index (χ0n) is 8.66. The molecule has 1 aromatic heterocycles. The van der Waals surface area contributed by atoms with E-state index >= 15 is 0 Å². The van der Waals surface area contributed by atoms with Gasteiger partial charge in [-0.25, -0.2) is 0 Å². The van der Waals surface area contributed by atoms with Gasteiger partial charge in [-0.15, -0.1) is 0 Å². The third-order valence-electron chi connectivity index (χ3n) is 2.64. The quantitative estimate of drug-likeness (QED) is 0.794. The van der Waals surface area contributed by atoms with Gasteiger partial charge in [-0.05, 0) is 25.0 Å². The number of nitrogens with two attached hydrogens (primary N) is 1. The molecule has 0 amide bonds. The molecular formula is C12H14N2O. The molecule has 0 fully saturated rings. The summed E-state index contributed by atoms with van der Waals surface area (Å²) in [6, 6.07) is 7.61. The van der Waals surface area contributed by atoms with Gasteiger partial charge in [0, 0.05) is 17.1 Å². The number of rotatable bonds is 3. The predicted octanol–water partition coefficient (Wildman–Crippen LogP) is 1.63. The van der Waals surface area contributed by atoms with Crippen molar-refractivity contribution in [1.29, 1.82) is 0 Å². The van der Waals surface area contributed by atoms with Gasteiger partial charge in [0.1, 0.15) is 5.78 Å².